The molecule has 1 aromatic heterocycles. The van der Waals surface area contributed by atoms with Gasteiger partial charge in [0, 0.05) is 23.1 Å². The predicted molar refractivity (Wildman–Crippen MR) is 91.8 cm³/mol. The molecule has 0 saturated heterocycles. The maximum Gasteiger partial charge on any atom is 0.274 e. The molecule has 0 N–H and O–H groups in total. The maximum absolute atomic E-state index is 11.3. The second-order valence-corrected chi connectivity index (χ2v) is 5.96. The van der Waals surface area contributed by atoms with Crippen molar-refractivity contribution in [3.63, 3.8) is 0 Å². The molecular weight excluding hydrogens is 304 g/mol. The largest absolute Gasteiger partial charge is 0.348 e. The lowest BCUT2D eigenvalue weighted by Crippen LogP contribution is -2.26. The zero-order valence-corrected chi connectivity index (χ0v) is 13.0. The van der Waals surface area contributed by atoms with Crippen LogP contribution in [-0.4, -0.2) is 20.9 Å². The SMILES string of the molecule is O=[N+]([O-])c1ccccc1CN(c1ncnc2ccccc12)C1CC1. The van der Waals surface area contributed by atoms with Crippen molar-refractivity contribution in [3.05, 3.63) is 70.5 Å². The Morgan fingerprint density at radius 2 is 1.83 bits per heavy atom. The monoisotopic (exact) mass is 320 g/mol. The van der Waals surface area contributed by atoms with Gasteiger partial charge in [0.15, 0.2) is 0 Å². The molecule has 1 heterocycles. The van der Waals surface area contributed by atoms with Gasteiger partial charge in [0.05, 0.1) is 17.0 Å². The molecule has 1 aliphatic carbocycles. The maximum atomic E-state index is 11.3. The number of rotatable bonds is 5. The lowest BCUT2D eigenvalue weighted by Gasteiger charge is -2.24. The number of fused-ring (bicyclic) bond motifs is 1. The van der Waals surface area contributed by atoms with Gasteiger partial charge < -0.3 is 4.90 Å². The van der Waals surface area contributed by atoms with E-state index < -0.39 is 0 Å². The summed E-state index contributed by atoms with van der Waals surface area (Å²) < 4.78 is 0. The molecule has 0 atom stereocenters. The number of hydrogen-bond donors (Lipinski definition) is 0. The van der Waals surface area contributed by atoms with Crippen molar-refractivity contribution in [2.45, 2.75) is 25.4 Å². The lowest BCUT2D eigenvalue weighted by atomic mass is 10.1. The normalized spacial score (nSPS) is 13.8. The molecule has 120 valence electrons. The van der Waals surface area contributed by atoms with Crippen molar-refractivity contribution < 1.29 is 4.92 Å². The summed E-state index contributed by atoms with van der Waals surface area (Å²) in [5.41, 5.74) is 1.74. The van der Waals surface area contributed by atoms with Crippen molar-refractivity contribution in [2.24, 2.45) is 0 Å². The van der Waals surface area contributed by atoms with Gasteiger partial charge in [-0.15, -0.1) is 0 Å². The fourth-order valence-corrected chi connectivity index (χ4v) is 2.99. The van der Waals surface area contributed by atoms with Crippen LogP contribution in [0, 0.1) is 10.1 Å². The van der Waals surface area contributed by atoms with Crippen LogP contribution in [0.15, 0.2) is 54.9 Å². The van der Waals surface area contributed by atoms with E-state index in [0.717, 1.165) is 29.6 Å². The minimum Gasteiger partial charge on any atom is -0.348 e. The summed E-state index contributed by atoms with van der Waals surface area (Å²) in [6.45, 7) is 0.475. The van der Waals surface area contributed by atoms with E-state index in [4.69, 9.17) is 0 Å². The number of nitro groups is 1. The predicted octanol–water partition coefficient (Wildman–Crippen LogP) is 3.71. The zero-order chi connectivity index (χ0) is 16.5. The van der Waals surface area contributed by atoms with E-state index in [9.17, 15) is 10.1 Å². The van der Waals surface area contributed by atoms with Crippen LogP contribution in [0.4, 0.5) is 11.5 Å². The van der Waals surface area contributed by atoms with Crippen LogP contribution < -0.4 is 4.90 Å². The molecule has 0 unspecified atom stereocenters. The first-order valence-corrected chi connectivity index (χ1v) is 7.93. The van der Waals surface area contributed by atoms with Crippen LogP contribution in [0.5, 0.6) is 0 Å². The Kier molecular flexibility index (Phi) is 3.57. The number of benzene rings is 2. The molecule has 1 fully saturated rings. The fraction of sp³-hybridized carbons (Fsp3) is 0.222. The van der Waals surface area contributed by atoms with Crippen LogP contribution in [0.1, 0.15) is 18.4 Å². The molecule has 0 spiro atoms. The Hall–Kier alpha value is -3.02. The van der Waals surface area contributed by atoms with Crippen LogP contribution in [0.2, 0.25) is 0 Å². The Morgan fingerprint density at radius 3 is 2.62 bits per heavy atom. The van der Waals surface area contributed by atoms with Crippen LogP contribution >= 0.6 is 0 Å². The van der Waals surface area contributed by atoms with Gasteiger partial charge >= 0.3 is 0 Å². The van der Waals surface area contributed by atoms with E-state index in [1.165, 1.54) is 0 Å². The highest BCUT2D eigenvalue weighted by atomic mass is 16.6. The number of para-hydroxylation sites is 2. The van der Waals surface area contributed by atoms with Gasteiger partial charge in [-0.05, 0) is 25.0 Å². The van der Waals surface area contributed by atoms with Gasteiger partial charge in [-0.25, -0.2) is 9.97 Å². The van der Waals surface area contributed by atoms with E-state index in [1.807, 2.05) is 36.4 Å². The average molecular weight is 320 g/mol. The third-order valence-electron chi connectivity index (χ3n) is 4.31. The topological polar surface area (TPSA) is 72.2 Å². The molecule has 0 aliphatic heterocycles. The van der Waals surface area contributed by atoms with Gasteiger partial charge in [-0.3, -0.25) is 10.1 Å². The molecular formula is C18H16N4O2. The number of nitro benzene ring substituents is 1. The van der Waals surface area contributed by atoms with Crippen LogP contribution in [0.25, 0.3) is 10.9 Å². The zero-order valence-electron chi connectivity index (χ0n) is 13.0. The Labute approximate surface area is 138 Å². The summed E-state index contributed by atoms with van der Waals surface area (Å²) in [7, 11) is 0. The van der Waals surface area contributed by atoms with Crippen molar-refractivity contribution in [2.75, 3.05) is 4.90 Å². The Morgan fingerprint density at radius 1 is 1.08 bits per heavy atom. The van der Waals surface area contributed by atoms with Gasteiger partial charge in [-0.2, -0.15) is 0 Å². The highest BCUT2D eigenvalue weighted by Gasteiger charge is 2.32. The van der Waals surface area contributed by atoms with Crippen molar-refractivity contribution in [1.82, 2.24) is 9.97 Å². The van der Waals surface area contributed by atoms with Gasteiger partial charge in [0.25, 0.3) is 5.69 Å². The van der Waals surface area contributed by atoms with E-state index >= 15 is 0 Å². The van der Waals surface area contributed by atoms with Gasteiger partial charge in [0.1, 0.15) is 12.1 Å². The van der Waals surface area contributed by atoms with Crippen molar-refractivity contribution in [1.29, 1.82) is 0 Å². The average Bonchev–Trinajstić information content (AvgIpc) is 3.44. The molecule has 1 aliphatic rings. The third kappa shape index (κ3) is 2.67. The molecule has 2 aromatic carbocycles. The van der Waals surface area contributed by atoms with E-state index in [0.29, 0.717) is 18.2 Å². The molecule has 6 heteroatoms. The number of anilines is 1. The number of aromatic nitrogens is 2. The first-order valence-electron chi connectivity index (χ1n) is 7.93. The summed E-state index contributed by atoms with van der Waals surface area (Å²) in [5.74, 6) is 0.848. The molecule has 4 rings (SSSR count). The van der Waals surface area contributed by atoms with Gasteiger partial charge in [-0.1, -0.05) is 30.3 Å². The fourth-order valence-electron chi connectivity index (χ4n) is 2.99. The van der Waals surface area contributed by atoms with E-state index in [1.54, 1.807) is 18.5 Å². The van der Waals surface area contributed by atoms with Crippen molar-refractivity contribution >= 4 is 22.4 Å². The summed E-state index contributed by atoms with van der Waals surface area (Å²) in [6, 6.07) is 15.1. The molecule has 0 radical (unpaired) electrons. The molecule has 24 heavy (non-hydrogen) atoms. The molecule has 3 aromatic rings. The minimum atomic E-state index is -0.321. The summed E-state index contributed by atoms with van der Waals surface area (Å²) >= 11 is 0. The Bertz CT molecular complexity index is 903. The number of nitrogens with zero attached hydrogens (tertiary/aromatic N) is 4. The van der Waals surface area contributed by atoms with Crippen LogP contribution in [-0.2, 0) is 6.54 Å². The lowest BCUT2D eigenvalue weighted by molar-refractivity contribution is -0.385. The molecule has 0 amide bonds. The Balaban J connectivity index is 1.77. The van der Waals surface area contributed by atoms with Crippen LogP contribution in [0.3, 0.4) is 0 Å². The summed E-state index contributed by atoms with van der Waals surface area (Å²) in [4.78, 5) is 21.9. The van der Waals surface area contributed by atoms with E-state index in [-0.39, 0.29) is 10.6 Å². The first-order chi connectivity index (χ1) is 11.7. The highest BCUT2D eigenvalue weighted by Crippen LogP contribution is 2.36. The minimum absolute atomic E-state index is 0.154. The summed E-state index contributed by atoms with van der Waals surface area (Å²) in [5, 5.41) is 12.3. The standard InChI is InChI=1S/C18H16N4O2/c23-22(24)17-8-4-1-5-13(17)11-21(14-9-10-14)18-15-6-2-3-7-16(15)19-12-20-18/h1-8,12,14H,9-11H2. The first kappa shape index (κ1) is 14.6. The second-order valence-electron chi connectivity index (χ2n) is 5.96. The molecule has 6 nitrogen and oxygen atoms in total. The summed E-state index contributed by atoms with van der Waals surface area (Å²) in [6.07, 6.45) is 3.73. The highest BCUT2D eigenvalue weighted by molar-refractivity contribution is 5.89. The molecule has 1 saturated carbocycles. The number of hydrogen-bond acceptors (Lipinski definition) is 5. The van der Waals surface area contributed by atoms with E-state index in [2.05, 4.69) is 14.9 Å². The second kappa shape index (κ2) is 5.88. The van der Waals surface area contributed by atoms with Crippen molar-refractivity contribution in [3.8, 4) is 0 Å². The molecule has 0 bridgehead atoms. The van der Waals surface area contributed by atoms with Gasteiger partial charge in [0.2, 0.25) is 0 Å². The quantitative estimate of drug-likeness (QED) is 0.529. The third-order valence-corrected chi connectivity index (χ3v) is 4.31. The smallest absolute Gasteiger partial charge is 0.274 e.